The van der Waals surface area contributed by atoms with Crippen molar-refractivity contribution in [2.45, 2.75) is 23.4 Å². The van der Waals surface area contributed by atoms with Crippen LogP contribution in [-0.4, -0.2) is 37.9 Å². The van der Waals surface area contributed by atoms with Crippen molar-refractivity contribution in [2.24, 2.45) is 10.2 Å². The van der Waals surface area contributed by atoms with Crippen LogP contribution in [0.5, 0.6) is 11.5 Å². The molecule has 0 aliphatic carbocycles. The zero-order valence-corrected chi connectivity index (χ0v) is 21.1. The maximum absolute atomic E-state index is 13.5. The molecule has 41 heavy (non-hydrogen) atoms. The SMILES string of the molecule is O=C(N=Nc1cc(NS(=O)(=O)c2ccccc2)c2ccccc2c1O)c1ccc(OC(F)(F)[C@H](F)C(F)(F)F)cc1. The first-order valence-corrected chi connectivity index (χ1v) is 12.8. The van der Waals surface area contributed by atoms with Crippen LogP contribution in [0, 0.1) is 0 Å². The van der Waals surface area contributed by atoms with E-state index in [1.807, 2.05) is 0 Å². The third-order valence-corrected chi connectivity index (χ3v) is 6.86. The Morgan fingerprint density at radius 3 is 2.07 bits per heavy atom. The van der Waals surface area contributed by atoms with Crippen LogP contribution in [0.25, 0.3) is 10.8 Å². The summed E-state index contributed by atoms with van der Waals surface area (Å²) in [5, 5.41) is 18.3. The van der Waals surface area contributed by atoms with Crippen molar-refractivity contribution in [1.82, 2.24) is 0 Å². The van der Waals surface area contributed by atoms with Gasteiger partial charge in [-0.15, -0.1) is 10.2 Å². The van der Waals surface area contributed by atoms with Crippen LogP contribution in [0.4, 0.5) is 37.7 Å². The summed E-state index contributed by atoms with van der Waals surface area (Å²) in [5.74, 6) is -2.37. The van der Waals surface area contributed by atoms with Gasteiger partial charge in [-0.25, -0.2) is 12.8 Å². The summed E-state index contributed by atoms with van der Waals surface area (Å²) in [7, 11) is -4.06. The first-order valence-electron chi connectivity index (χ1n) is 11.4. The number of alkyl halides is 6. The van der Waals surface area contributed by atoms with Crippen LogP contribution in [-0.2, 0) is 10.0 Å². The predicted molar refractivity (Wildman–Crippen MR) is 135 cm³/mol. The zero-order chi connectivity index (χ0) is 30.0. The van der Waals surface area contributed by atoms with Gasteiger partial charge in [-0.1, -0.05) is 42.5 Å². The molecule has 0 aromatic heterocycles. The molecule has 214 valence electrons. The third kappa shape index (κ3) is 6.57. The molecule has 15 heteroatoms. The van der Waals surface area contributed by atoms with Crippen LogP contribution in [0.2, 0.25) is 0 Å². The number of fused-ring (bicyclic) bond motifs is 1. The molecular weight excluding hydrogens is 580 g/mol. The van der Waals surface area contributed by atoms with E-state index in [-0.39, 0.29) is 27.2 Å². The Bertz CT molecular complexity index is 1710. The van der Waals surface area contributed by atoms with E-state index in [1.165, 1.54) is 36.4 Å². The maximum atomic E-state index is 13.5. The highest BCUT2D eigenvalue weighted by molar-refractivity contribution is 7.92. The third-order valence-electron chi connectivity index (χ3n) is 5.48. The van der Waals surface area contributed by atoms with Crippen molar-refractivity contribution in [3.8, 4) is 11.5 Å². The average Bonchev–Trinajstić information content (AvgIpc) is 2.93. The van der Waals surface area contributed by atoms with Gasteiger partial charge in [-0.3, -0.25) is 9.52 Å². The highest BCUT2D eigenvalue weighted by Crippen LogP contribution is 2.41. The molecule has 0 unspecified atom stereocenters. The minimum atomic E-state index is -5.87. The second-order valence-electron chi connectivity index (χ2n) is 8.35. The largest absolute Gasteiger partial charge is 0.505 e. The number of hydrogen-bond donors (Lipinski definition) is 2. The highest BCUT2D eigenvalue weighted by atomic mass is 32.2. The number of benzene rings is 4. The van der Waals surface area contributed by atoms with Crippen LogP contribution >= 0.6 is 0 Å². The number of rotatable bonds is 8. The topological polar surface area (TPSA) is 117 Å². The van der Waals surface area contributed by atoms with Gasteiger partial charge in [-0.2, -0.15) is 22.0 Å². The van der Waals surface area contributed by atoms with Gasteiger partial charge in [0.25, 0.3) is 22.1 Å². The van der Waals surface area contributed by atoms with Crippen LogP contribution < -0.4 is 9.46 Å². The first kappa shape index (κ1) is 29.3. The van der Waals surface area contributed by atoms with Gasteiger partial charge in [0.1, 0.15) is 11.4 Å². The van der Waals surface area contributed by atoms with Crippen LogP contribution in [0.3, 0.4) is 0 Å². The molecule has 0 bridgehead atoms. The average molecular weight is 597 g/mol. The summed E-state index contributed by atoms with van der Waals surface area (Å²) in [4.78, 5) is 12.4. The quantitative estimate of drug-likeness (QED) is 0.127. The Morgan fingerprint density at radius 1 is 0.878 bits per heavy atom. The summed E-state index contributed by atoms with van der Waals surface area (Å²) in [6, 6.07) is 17.9. The molecule has 0 saturated carbocycles. The van der Waals surface area contributed by atoms with Crippen molar-refractivity contribution in [1.29, 1.82) is 0 Å². The number of halogens is 6. The fourth-order valence-electron chi connectivity index (χ4n) is 3.53. The van der Waals surface area contributed by atoms with E-state index in [9.17, 15) is 44.7 Å². The number of azo groups is 1. The highest BCUT2D eigenvalue weighted by Gasteiger charge is 2.59. The van der Waals surface area contributed by atoms with E-state index in [2.05, 4.69) is 19.7 Å². The van der Waals surface area contributed by atoms with Gasteiger partial charge in [-0.05, 0) is 42.5 Å². The van der Waals surface area contributed by atoms with E-state index in [1.54, 1.807) is 18.2 Å². The molecule has 1 amide bonds. The Labute approximate surface area is 228 Å². The number of carbonyl (C=O) groups is 1. The van der Waals surface area contributed by atoms with E-state index < -0.39 is 45.9 Å². The van der Waals surface area contributed by atoms with Crippen molar-refractivity contribution in [3.63, 3.8) is 0 Å². The second-order valence-corrected chi connectivity index (χ2v) is 10.0. The number of carbonyl (C=O) groups excluding carboxylic acids is 1. The summed E-state index contributed by atoms with van der Waals surface area (Å²) >= 11 is 0. The minimum Gasteiger partial charge on any atom is -0.505 e. The molecule has 2 N–H and O–H groups in total. The molecule has 8 nitrogen and oxygen atoms in total. The molecule has 4 rings (SSSR count). The fourth-order valence-corrected chi connectivity index (χ4v) is 4.62. The zero-order valence-electron chi connectivity index (χ0n) is 20.3. The smallest absolute Gasteiger partial charge is 0.439 e. The minimum absolute atomic E-state index is 0.0103. The number of nitrogens with zero attached hydrogens (tertiary/aromatic N) is 2. The van der Waals surface area contributed by atoms with Crippen molar-refractivity contribution < 1.29 is 49.4 Å². The van der Waals surface area contributed by atoms with E-state index in [0.717, 1.165) is 18.2 Å². The van der Waals surface area contributed by atoms with Gasteiger partial charge in [0.15, 0.2) is 5.75 Å². The van der Waals surface area contributed by atoms with Gasteiger partial charge >= 0.3 is 12.3 Å². The lowest BCUT2D eigenvalue weighted by Crippen LogP contribution is -2.45. The molecule has 0 spiro atoms. The number of sulfonamides is 1. The molecule has 0 heterocycles. The van der Waals surface area contributed by atoms with Crippen LogP contribution in [0.1, 0.15) is 10.4 Å². The number of anilines is 1. The molecule has 0 fully saturated rings. The number of hydrogen-bond acceptors (Lipinski definition) is 6. The maximum Gasteiger partial charge on any atom is 0.439 e. The van der Waals surface area contributed by atoms with Gasteiger partial charge < -0.3 is 9.84 Å². The molecule has 0 saturated heterocycles. The normalized spacial score (nSPS) is 13.3. The standard InChI is InChI=1S/C26H17F6N3O5S/c27-24(25(28,29)30)26(31,32)40-16-12-10-15(11-13-16)23(37)34-33-21-14-20(18-8-4-5-9-19(18)22(21)36)35-41(38,39)17-6-2-1-3-7-17/h1-14,24,35-36H/t24-/m1/s1. The fraction of sp³-hybridized carbons (Fsp3) is 0.115. The lowest BCUT2D eigenvalue weighted by molar-refractivity contribution is -0.304. The number of phenolic OH excluding ortho intramolecular Hbond substituents is 1. The van der Waals surface area contributed by atoms with Crippen LogP contribution in [0.15, 0.2) is 100 Å². The Balaban J connectivity index is 1.59. The molecule has 1 atom stereocenters. The lowest BCUT2D eigenvalue weighted by atomic mass is 10.1. The van der Waals surface area contributed by atoms with Crippen molar-refractivity contribution in [3.05, 3.63) is 90.5 Å². The molecule has 0 aliphatic rings. The number of aromatic hydroxyl groups is 1. The number of amides is 1. The number of nitrogens with one attached hydrogen (secondary N) is 1. The Kier molecular flexibility index (Phi) is 7.92. The number of phenols is 1. The first-order chi connectivity index (χ1) is 19.2. The van der Waals surface area contributed by atoms with E-state index in [0.29, 0.717) is 17.5 Å². The summed E-state index contributed by atoms with van der Waals surface area (Å²) in [5.41, 5.74) is -0.568. The summed E-state index contributed by atoms with van der Waals surface area (Å²) < 4.78 is 109. The molecular formula is C26H17F6N3O5S. The molecule has 0 radical (unpaired) electrons. The van der Waals surface area contributed by atoms with Gasteiger partial charge in [0.2, 0.25) is 0 Å². The Hall–Kier alpha value is -4.66. The van der Waals surface area contributed by atoms with Gasteiger partial charge in [0.05, 0.1) is 10.6 Å². The lowest BCUT2D eigenvalue weighted by Gasteiger charge is -2.23. The second kappa shape index (κ2) is 11.1. The predicted octanol–water partition coefficient (Wildman–Crippen LogP) is 7.14. The summed E-state index contributed by atoms with van der Waals surface area (Å²) in [6.45, 7) is 0. The van der Waals surface area contributed by atoms with E-state index >= 15 is 0 Å². The van der Waals surface area contributed by atoms with E-state index in [4.69, 9.17) is 0 Å². The molecule has 0 aliphatic heterocycles. The molecule has 4 aromatic carbocycles. The number of ether oxygens (including phenoxy) is 1. The Morgan fingerprint density at radius 2 is 1.46 bits per heavy atom. The van der Waals surface area contributed by atoms with Crippen molar-refractivity contribution >= 4 is 38.1 Å². The van der Waals surface area contributed by atoms with Crippen molar-refractivity contribution in [2.75, 3.05) is 4.72 Å². The molecule has 4 aromatic rings. The monoisotopic (exact) mass is 597 g/mol. The summed E-state index contributed by atoms with van der Waals surface area (Å²) in [6.07, 6.45) is -15.7. The van der Waals surface area contributed by atoms with Gasteiger partial charge in [0, 0.05) is 16.3 Å².